The number of nitrogens with zero attached hydrogens (tertiary/aromatic N) is 4. The number of benzene rings is 2. The standard InChI is InChI=1S/C29H24N6O2S/c1-3-25(38-29-21(16-31)26(24-10-7-13-37-24)20(15-30)27(32)34-29)28(36)33-17-11-12-23-19(14-17)18-8-5-6-9-22(18)35(23)4-2/h5-14,25H,3-4H2,1-2H3,(H2,32,34)(H,33,36). The van der Waals surface area contributed by atoms with Crippen LogP contribution in [0.3, 0.4) is 0 Å². The predicted molar refractivity (Wildman–Crippen MR) is 149 cm³/mol. The van der Waals surface area contributed by atoms with E-state index in [1.807, 2.05) is 43.3 Å². The van der Waals surface area contributed by atoms with Crippen LogP contribution in [0.1, 0.15) is 31.4 Å². The molecule has 3 heterocycles. The smallest absolute Gasteiger partial charge is 0.237 e. The van der Waals surface area contributed by atoms with Crippen molar-refractivity contribution in [2.45, 2.75) is 37.1 Å². The molecule has 3 aromatic heterocycles. The Hall–Kier alpha value is -4.73. The normalized spacial score (nSPS) is 11.8. The van der Waals surface area contributed by atoms with Gasteiger partial charge >= 0.3 is 0 Å². The minimum absolute atomic E-state index is 0.0200. The summed E-state index contributed by atoms with van der Waals surface area (Å²) < 4.78 is 7.72. The molecule has 0 aliphatic rings. The van der Waals surface area contributed by atoms with Crippen molar-refractivity contribution >= 4 is 51.0 Å². The van der Waals surface area contributed by atoms with Crippen molar-refractivity contribution in [1.29, 1.82) is 10.5 Å². The molecule has 0 aliphatic heterocycles. The van der Waals surface area contributed by atoms with E-state index in [-0.39, 0.29) is 33.4 Å². The van der Waals surface area contributed by atoms with E-state index in [1.165, 1.54) is 6.26 Å². The number of pyridine rings is 1. The number of para-hydroxylation sites is 1. The molecule has 0 aliphatic carbocycles. The largest absolute Gasteiger partial charge is 0.464 e. The maximum Gasteiger partial charge on any atom is 0.237 e. The van der Waals surface area contributed by atoms with Crippen LogP contribution < -0.4 is 11.1 Å². The number of hydrogen-bond acceptors (Lipinski definition) is 7. The summed E-state index contributed by atoms with van der Waals surface area (Å²) in [4.78, 5) is 17.7. The number of nitriles is 2. The molecule has 0 bridgehead atoms. The number of nitrogen functional groups attached to an aromatic ring is 1. The Bertz CT molecular complexity index is 1760. The molecule has 0 saturated heterocycles. The highest BCUT2D eigenvalue weighted by Gasteiger charge is 2.26. The number of fused-ring (bicyclic) bond motifs is 3. The number of carbonyl (C=O) groups is 1. The van der Waals surface area contributed by atoms with Crippen LogP contribution in [-0.4, -0.2) is 20.7 Å². The summed E-state index contributed by atoms with van der Waals surface area (Å²) in [6.07, 6.45) is 1.94. The number of amides is 1. The van der Waals surface area contributed by atoms with Gasteiger partial charge < -0.3 is 20.0 Å². The fourth-order valence-electron chi connectivity index (χ4n) is 4.70. The van der Waals surface area contributed by atoms with E-state index in [0.29, 0.717) is 17.9 Å². The highest BCUT2D eigenvalue weighted by Crippen LogP contribution is 2.38. The fourth-order valence-corrected chi connectivity index (χ4v) is 5.72. The molecule has 0 spiro atoms. The average Bonchev–Trinajstić information content (AvgIpc) is 3.57. The Morgan fingerprint density at radius 2 is 1.84 bits per heavy atom. The van der Waals surface area contributed by atoms with Crippen LogP contribution in [-0.2, 0) is 11.3 Å². The van der Waals surface area contributed by atoms with Gasteiger partial charge in [0.25, 0.3) is 0 Å². The molecule has 1 amide bonds. The van der Waals surface area contributed by atoms with Crippen LogP contribution in [0.4, 0.5) is 11.5 Å². The maximum absolute atomic E-state index is 13.4. The monoisotopic (exact) mass is 520 g/mol. The van der Waals surface area contributed by atoms with Crippen molar-refractivity contribution in [2.24, 2.45) is 0 Å². The van der Waals surface area contributed by atoms with Crippen LogP contribution in [0.2, 0.25) is 0 Å². The highest BCUT2D eigenvalue weighted by atomic mass is 32.2. The first kappa shape index (κ1) is 24.9. The van der Waals surface area contributed by atoms with E-state index in [9.17, 15) is 15.3 Å². The molecule has 0 fully saturated rings. The number of rotatable bonds is 7. The minimum Gasteiger partial charge on any atom is -0.464 e. The van der Waals surface area contributed by atoms with E-state index >= 15 is 0 Å². The number of thioether (sulfide) groups is 1. The van der Waals surface area contributed by atoms with Gasteiger partial charge in [0.2, 0.25) is 5.91 Å². The van der Waals surface area contributed by atoms with Crippen molar-refractivity contribution in [2.75, 3.05) is 11.1 Å². The van der Waals surface area contributed by atoms with E-state index in [1.54, 1.807) is 12.1 Å². The summed E-state index contributed by atoms with van der Waals surface area (Å²) in [5.41, 5.74) is 9.53. The zero-order valence-electron chi connectivity index (χ0n) is 20.9. The highest BCUT2D eigenvalue weighted by molar-refractivity contribution is 8.00. The Labute approximate surface area is 223 Å². The summed E-state index contributed by atoms with van der Waals surface area (Å²) in [5.74, 6) is 0.101. The quantitative estimate of drug-likeness (QED) is 0.240. The average molecular weight is 521 g/mol. The number of anilines is 2. The summed E-state index contributed by atoms with van der Waals surface area (Å²) in [5, 5.41) is 24.6. The molecule has 2 aromatic carbocycles. The van der Waals surface area contributed by atoms with Gasteiger partial charge in [-0.2, -0.15) is 10.5 Å². The van der Waals surface area contributed by atoms with Gasteiger partial charge in [0, 0.05) is 34.0 Å². The molecule has 38 heavy (non-hydrogen) atoms. The second kappa shape index (κ2) is 10.3. The lowest BCUT2D eigenvalue weighted by molar-refractivity contribution is -0.115. The molecule has 1 unspecified atom stereocenters. The first-order chi connectivity index (χ1) is 18.5. The fraction of sp³-hybridized carbons (Fsp3) is 0.172. The van der Waals surface area contributed by atoms with Crippen LogP contribution in [0.5, 0.6) is 0 Å². The van der Waals surface area contributed by atoms with Crippen molar-refractivity contribution < 1.29 is 9.21 Å². The number of nitrogens with one attached hydrogen (secondary N) is 1. The molecule has 5 aromatic rings. The summed E-state index contributed by atoms with van der Waals surface area (Å²) >= 11 is 1.15. The molecule has 8 nitrogen and oxygen atoms in total. The third-order valence-electron chi connectivity index (χ3n) is 6.46. The number of hydrogen-bond donors (Lipinski definition) is 2. The van der Waals surface area contributed by atoms with Gasteiger partial charge in [-0.1, -0.05) is 36.9 Å². The van der Waals surface area contributed by atoms with Crippen molar-refractivity contribution in [3.05, 3.63) is 72.0 Å². The van der Waals surface area contributed by atoms with Gasteiger partial charge in [-0.3, -0.25) is 4.79 Å². The lowest BCUT2D eigenvalue weighted by atomic mass is 10.0. The molecule has 1 atom stereocenters. The van der Waals surface area contributed by atoms with Crippen molar-refractivity contribution in [3.63, 3.8) is 0 Å². The SMILES string of the molecule is CCC(Sc1nc(N)c(C#N)c(-c2ccco2)c1C#N)C(=O)Nc1ccc2c(c1)c1ccccc1n2CC. The van der Waals surface area contributed by atoms with Gasteiger partial charge in [-0.05, 0) is 49.7 Å². The molecular weight excluding hydrogens is 496 g/mol. The van der Waals surface area contributed by atoms with E-state index in [0.717, 1.165) is 40.1 Å². The summed E-state index contributed by atoms with van der Waals surface area (Å²) in [6, 6.07) is 21.6. The van der Waals surface area contributed by atoms with Crippen molar-refractivity contribution in [3.8, 4) is 23.5 Å². The van der Waals surface area contributed by atoms with Crippen LogP contribution in [0.15, 0.2) is 70.3 Å². The third-order valence-corrected chi connectivity index (χ3v) is 7.81. The number of carbonyl (C=O) groups excluding carboxylic acids is 1. The zero-order chi connectivity index (χ0) is 26.8. The minimum atomic E-state index is -0.556. The van der Waals surface area contributed by atoms with E-state index < -0.39 is 5.25 Å². The molecule has 188 valence electrons. The van der Waals surface area contributed by atoms with Crippen molar-refractivity contribution in [1.82, 2.24) is 9.55 Å². The summed E-state index contributed by atoms with van der Waals surface area (Å²) in [7, 11) is 0. The number of nitrogens with two attached hydrogens (primary N) is 1. The first-order valence-electron chi connectivity index (χ1n) is 12.2. The lowest BCUT2D eigenvalue weighted by Crippen LogP contribution is -2.25. The number of furan rings is 1. The van der Waals surface area contributed by atoms with Crippen LogP contribution in [0, 0.1) is 22.7 Å². The molecule has 0 radical (unpaired) electrons. The third kappa shape index (κ3) is 4.23. The van der Waals surface area contributed by atoms with Gasteiger partial charge in [0.1, 0.15) is 34.3 Å². The molecule has 0 saturated carbocycles. The van der Waals surface area contributed by atoms with Crippen LogP contribution >= 0.6 is 11.8 Å². The Morgan fingerprint density at radius 1 is 1.08 bits per heavy atom. The Morgan fingerprint density at radius 3 is 2.53 bits per heavy atom. The topological polar surface area (TPSA) is 134 Å². The predicted octanol–water partition coefficient (Wildman–Crippen LogP) is 6.30. The van der Waals surface area contributed by atoms with Gasteiger partial charge in [0.05, 0.1) is 22.6 Å². The second-order valence-corrected chi connectivity index (χ2v) is 9.82. The van der Waals surface area contributed by atoms with Crippen LogP contribution in [0.25, 0.3) is 33.1 Å². The number of aryl methyl sites for hydroxylation is 1. The molecule has 3 N–H and O–H groups in total. The van der Waals surface area contributed by atoms with E-state index in [4.69, 9.17) is 10.2 Å². The van der Waals surface area contributed by atoms with Gasteiger partial charge in [-0.25, -0.2) is 4.98 Å². The molecular formula is C29H24N6O2S. The van der Waals surface area contributed by atoms with Gasteiger partial charge in [-0.15, -0.1) is 0 Å². The van der Waals surface area contributed by atoms with Gasteiger partial charge in [0.15, 0.2) is 0 Å². The maximum atomic E-state index is 13.4. The Balaban J connectivity index is 1.47. The number of aromatic nitrogens is 2. The van der Waals surface area contributed by atoms with E-state index in [2.05, 4.69) is 40.0 Å². The second-order valence-electron chi connectivity index (χ2n) is 8.63. The summed E-state index contributed by atoms with van der Waals surface area (Å²) in [6.45, 7) is 4.84. The first-order valence-corrected chi connectivity index (χ1v) is 13.0. The molecule has 9 heteroatoms. The Kier molecular flexibility index (Phi) is 6.78. The lowest BCUT2D eigenvalue weighted by Gasteiger charge is -2.17. The molecule has 5 rings (SSSR count). The zero-order valence-corrected chi connectivity index (χ0v) is 21.7.